The highest BCUT2D eigenvalue weighted by molar-refractivity contribution is 6.01. The number of nitro groups is 1. The van der Waals surface area contributed by atoms with Crippen molar-refractivity contribution in [3.63, 3.8) is 0 Å². The summed E-state index contributed by atoms with van der Waals surface area (Å²) < 4.78 is 10.1. The molecular weight excluding hydrogens is 350 g/mol. The van der Waals surface area contributed by atoms with Gasteiger partial charge in [0.15, 0.2) is 11.9 Å². The van der Waals surface area contributed by atoms with Crippen molar-refractivity contribution in [2.75, 3.05) is 7.11 Å². The number of hydrogen-bond acceptors (Lipinski definition) is 6. The fraction of sp³-hybridized carbons (Fsp3) is 0.300. The molecule has 2 aromatic rings. The van der Waals surface area contributed by atoms with Crippen LogP contribution in [0, 0.1) is 10.1 Å². The molecule has 0 aromatic heterocycles. The minimum atomic E-state index is -1.00. The molecule has 0 saturated carbocycles. The zero-order chi connectivity index (χ0) is 19.6. The van der Waals surface area contributed by atoms with Crippen molar-refractivity contribution in [1.82, 2.24) is 0 Å². The molecule has 0 aliphatic heterocycles. The van der Waals surface area contributed by atoms with Gasteiger partial charge in [-0.25, -0.2) is 4.79 Å². The number of fused-ring (bicyclic) bond motifs is 1. The number of methoxy groups -OCH3 is 1. The zero-order valence-electron chi connectivity index (χ0n) is 15.1. The zero-order valence-corrected chi connectivity index (χ0v) is 15.1. The van der Waals surface area contributed by atoms with Crippen molar-refractivity contribution in [2.45, 2.75) is 32.3 Å². The number of nitro benzene ring substituents is 1. The van der Waals surface area contributed by atoms with Crippen molar-refractivity contribution in [1.29, 1.82) is 0 Å². The Morgan fingerprint density at radius 2 is 1.78 bits per heavy atom. The highest BCUT2D eigenvalue weighted by atomic mass is 16.6. The van der Waals surface area contributed by atoms with Crippen LogP contribution in [0.15, 0.2) is 36.4 Å². The van der Waals surface area contributed by atoms with E-state index in [1.165, 1.54) is 31.7 Å². The second-order valence-electron chi connectivity index (χ2n) is 6.39. The van der Waals surface area contributed by atoms with Gasteiger partial charge < -0.3 is 9.47 Å². The van der Waals surface area contributed by atoms with E-state index in [0.717, 1.165) is 30.9 Å². The average molecular weight is 369 g/mol. The Labute approximate surface area is 156 Å². The van der Waals surface area contributed by atoms with Crippen LogP contribution in [-0.4, -0.2) is 29.9 Å². The van der Waals surface area contributed by atoms with E-state index in [-0.39, 0.29) is 22.8 Å². The fourth-order valence-corrected chi connectivity index (χ4v) is 3.20. The van der Waals surface area contributed by atoms with E-state index < -0.39 is 17.0 Å². The Morgan fingerprint density at radius 3 is 2.48 bits per heavy atom. The summed E-state index contributed by atoms with van der Waals surface area (Å²) in [7, 11) is 1.30. The summed E-state index contributed by atoms with van der Waals surface area (Å²) in [5.74, 6) is -1.07. The summed E-state index contributed by atoms with van der Waals surface area (Å²) >= 11 is 0. The van der Waals surface area contributed by atoms with Gasteiger partial charge in [0.25, 0.3) is 0 Å². The van der Waals surface area contributed by atoms with E-state index >= 15 is 0 Å². The van der Waals surface area contributed by atoms with Crippen molar-refractivity contribution < 1.29 is 24.0 Å². The van der Waals surface area contributed by atoms with E-state index in [0.29, 0.717) is 5.56 Å². The van der Waals surface area contributed by atoms with Gasteiger partial charge in [-0.3, -0.25) is 14.9 Å². The maximum Gasteiger partial charge on any atom is 0.339 e. The summed E-state index contributed by atoms with van der Waals surface area (Å²) in [6.45, 7) is 1.49. The molecule has 1 atom stereocenters. The first-order valence-corrected chi connectivity index (χ1v) is 8.60. The topological polar surface area (TPSA) is 95.7 Å². The maximum atomic E-state index is 12.6. The first-order valence-electron chi connectivity index (χ1n) is 8.60. The molecule has 7 heteroatoms. The van der Waals surface area contributed by atoms with E-state index in [1.807, 2.05) is 12.1 Å². The SMILES string of the molecule is COc1ccc(C(=O)O[C@H](C)C(=O)c2ccc3c(c2)CCC3)cc1[N+](=O)[O-]. The molecule has 0 unspecified atom stereocenters. The van der Waals surface area contributed by atoms with Crippen LogP contribution in [0.4, 0.5) is 5.69 Å². The lowest BCUT2D eigenvalue weighted by molar-refractivity contribution is -0.385. The second-order valence-corrected chi connectivity index (χ2v) is 6.39. The Morgan fingerprint density at radius 1 is 1.07 bits per heavy atom. The molecule has 0 amide bonds. The second kappa shape index (κ2) is 7.57. The van der Waals surface area contributed by atoms with E-state index in [9.17, 15) is 19.7 Å². The molecule has 0 heterocycles. The number of hydrogen-bond donors (Lipinski definition) is 0. The Kier molecular flexibility index (Phi) is 5.21. The molecule has 140 valence electrons. The minimum absolute atomic E-state index is 0.0175. The van der Waals surface area contributed by atoms with Crippen molar-refractivity contribution >= 4 is 17.4 Å². The highest BCUT2D eigenvalue weighted by Crippen LogP contribution is 2.28. The number of rotatable bonds is 6. The summed E-state index contributed by atoms with van der Waals surface area (Å²) in [4.78, 5) is 35.3. The van der Waals surface area contributed by atoms with E-state index in [1.54, 1.807) is 6.07 Å². The third kappa shape index (κ3) is 3.81. The maximum absolute atomic E-state index is 12.6. The van der Waals surface area contributed by atoms with Gasteiger partial charge in [-0.15, -0.1) is 0 Å². The molecule has 2 aromatic carbocycles. The number of carbonyl (C=O) groups excluding carboxylic acids is 2. The van der Waals surface area contributed by atoms with Gasteiger partial charge in [0.1, 0.15) is 0 Å². The molecule has 0 saturated heterocycles. The number of aryl methyl sites for hydroxylation is 2. The lowest BCUT2D eigenvalue weighted by atomic mass is 10.0. The predicted molar refractivity (Wildman–Crippen MR) is 97.3 cm³/mol. The third-order valence-electron chi connectivity index (χ3n) is 4.65. The lowest BCUT2D eigenvalue weighted by Crippen LogP contribution is -2.24. The van der Waals surface area contributed by atoms with Gasteiger partial charge in [-0.2, -0.15) is 0 Å². The van der Waals surface area contributed by atoms with Crippen LogP contribution in [0.5, 0.6) is 5.75 Å². The first kappa shape index (κ1) is 18.6. The molecule has 27 heavy (non-hydrogen) atoms. The van der Waals surface area contributed by atoms with Crippen LogP contribution in [0.1, 0.15) is 45.2 Å². The van der Waals surface area contributed by atoms with Crippen molar-refractivity contribution in [3.8, 4) is 5.75 Å². The summed E-state index contributed by atoms with van der Waals surface area (Å²) in [5.41, 5.74) is 2.55. The van der Waals surface area contributed by atoms with Crippen LogP contribution in [0.3, 0.4) is 0 Å². The van der Waals surface area contributed by atoms with Gasteiger partial charge in [-0.1, -0.05) is 12.1 Å². The van der Waals surface area contributed by atoms with Crippen molar-refractivity contribution in [3.05, 3.63) is 68.8 Å². The van der Waals surface area contributed by atoms with Gasteiger partial charge >= 0.3 is 11.7 Å². The largest absolute Gasteiger partial charge is 0.490 e. The summed E-state index contributed by atoms with van der Waals surface area (Å²) in [5, 5.41) is 11.1. The average Bonchev–Trinajstić information content (AvgIpc) is 3.14. The van der Waals surface area contributed by atoms with Crippen LogP contribution in [0.2, 0.25) is 0 Å². The molecule has 7 nitrogen and oxygen atoms in total. The van der Waals surface area contributed by atoms with Gasteiger partial charge in [0.2, 0.25) is 5.78 Å². The van der Waals surface area contributed by atoms with Gasteiger partial charge in [-0.05, 0) is 55.5 Å². The normalized spacial score (nSPS) is 13.6. The number of Topliss-reactive ketones (excluding diaryl/α,β-unsaturated/α-hetero) is 1. The van der Waals surface area contributed by atoms with E-state index in [2.05, 4.69) is 0 Å². The molecule has 0 spiro atoms. The van der Waals surface area contributed by atoms with Crippen LogP contribution in [-0.2, 0) is 17.6 Å². The van der Waals surface area contributed by atoms with Crippen LogP contribution in [0.25, 0.3) is 0 Å². The summed E-state index contributed by atoms with van der Waals surface area (Å²) in [6.07, 6.45) is 2.04. The first-order chi connectivity index (χ1) is 12.9. The number of benzene rings is 2. The van der Waals surface area contributed by atoms with Gasteiger partial charge in [0, 0.05) is 11.6 Å². The van der Waals surface area contributed by atoms with Gasteiger partial charge in [0.05, 0.1) is 17.6 Å². The molecule has 0 radical (unpaired) electrons. The number of carbonyl (C=O) groups is 2. The standard InChI is InChI=1S/C20H19NO6/c1-12(19(22)15-7-6-13-4-3-5-14(13)10-15)27-20(23)16-8-9-18(26-2)17(11-16)21(24)25/h6-12H,3-5H2,1-2H3/t12-/m1/s1. The minimum Gasteiger partial charge on any atom is -0.490 e. The molecule has 1 aliphatic carbocycles. The summed E-state index contributed by atoms with van der Waals surface area (Å²) in [6, 6.07) is 9.30. The Balaban J connectivity index is 1.74. The Hall–Kier alpha value is -3.22. The fourth-order valence-electron chi connectivity index (χ4n) is 3.20. The van der Waals surface area contributed by atoms with Crippen molar-refractivity contribution in [2.24, 2.45) is 0 Å². The van der Waals surface area contributed by atoms with Crippen LogP contribution >= 0.6 is 0 Å². The highest BCUT2D eigenvalue weighted by Gasteiger charge is 2.24. The molecule has 0 bridgehead atoms. The van der Waals surface area contributed by atoms with Crippen LogP contribution < -0.4 is 4.74 Å². The number of ether oxygens (including phenoxy) is 2. The van der Waals surface area contributed by atoms with E-state index in [4.69, 9.17) is 9.47 Å². The molecule has 0 N–H and O–H groups in total. The monoisotopic (exact) mass is 369 g/mol. The number of esters is 1. The molecule has 3 rings (SSSR count). The third-order valence-corrected chi connectivity index (χ3v) is 4.65. The Bertz CT molecular complexity index is 921. The lowest BCUT2D eigenvalue weighted by Gasteiger charge is -2.13. The molecular formula is C20H19NO6. The number of nitrogens with zero attached hydrogens (tertiary/aromatic N) is 1. The molecule has 1 aliphatic rings. The predicted octanol–water partition coefficient (Wildman–Crippen LogP) is 3.52. The molecule has 0 fully saturated rings. The smallest absolute Gasteiger partial charge is 0.339 e. The quantitative estimate of drug-likeness (QED) is 0.335. The number of ketones is 1.